The Bertz CT molecular complexity index is 623. The van der Waals surface area contributed by atoms with Crippen LogP contribution in [0.1, 0.15) is 26.3 Å². The van der Waals surface area contributed by atoms with Gasteiger partial charge in [0.05, 0.1) is 11.8 Å². The van der Waals surface area contributed by atoms with Crippen LogP contribution in [0, 0.1) is 0 Å². The molecule has 7 nitrogen and oxygen atoms in total. The lowest BCUT2D eigenvalue weighted by Gasteiger charge is -2.38. The van der Waals surface area contributed by atoms with Crippen molar-refractivity contribution in [1.82, 2.24) is 15.2 Å². The van der Waals surface area contributed by atoms with Gasteiger partial charge >= 0.3 is 6.09 Å². The average molecular weight is 317 g/mol. The number of nitrogens with one attached hydrogen (secondary N) is 2. The van der Waals surface area contributed by atoms with Crippen molar-refractivity contribution in [2.45, 2.75) is 32.4 Å². The summed E-state index contributed by atoms with van der Waals surface area (Å²) in [4.78, 5) is 23.3. The second-order valence-corrected chi connectivity index (χ2v) is 6.67. The van der Waals surface area contributed by atoms with Crippen LogP contribution in [-0.2, 0) is 4.74 Å². The SMILES string of the molecule is CC(C)(C)OC(=O)N1CCNCC1C1=NCNc2ncccc21. The molecule has 0 aliphatic carbocycles. The van der Waals surface area contributed by atoms with Crippen molar-refractivity contribution in [3.63, 3.8) is 0 Å². The van der Waals surface area contributed by atoms with Gasteiger partial charge in [-0.3, -0.25) is 9.89 Å². The predicted molar refractivity (Wildman–Crippen MR) is 88.9 cm³/mol. The summed E-state index contributed by atoms with van der Waals surface area (Å²) in [6.45, 7) is 8.11. The first-order valence-electron chi connectivity index (χ1n) is 7.89. The van der Waals surface area contributed by atoms with E-state index in [9.17, 15) is 4.79 Å². The Hall–Kier alpha value is -2.15. The smallest absolute Gasteiger partial charge is 0.410 e. The maximum Gasteiger partial charge on any atom is 0.410 e. The lowest BCUT2D eigenvalue weighted by Crippen LogP contribution is -2.58. The molecule has 0 radical (unpaired) electrons. The fourth-order valence-corrected chi connectivity index (χ4v) is 2.81. The predicted octanol–water partition coefficient (Wildman–Crippen LogP) is 1.46. The van der Waals surface area contributed by atoms with Crippen molar-refractivity contribution in [3.05, 3.63) is 23.9 Å². The van der Waals surface area contributed by atoms with E-state index in [2.05, 4.69) is 20.6 Å². The van der Waals surface area contributed by atoms with Crippen molar-refractivity contribution in [1.29, 1.82) is 0 Å². The first kappa shape index (κ1) is 15.7. The Balaban J connectivity index is 1.87. The van der Waals surface area contributed by atoms with Crippen LogP contribution in [-0.4, -0.2) is 59.6 Å². The summed E-state index contributed by atoms with van der Waals surface area (Å²) in [6.07, 6.45) is 1.45. The van der Waals surface area contributed by atoms with Gasteiger partial charge in [-0.15, -0.1) is 0 Å². The zero-order chi connectivity index (χ0) is 16.4. The number of carbonyl (C=O) groups is 1. The van der Waals surface area contributed by atoms with Gasteiger partial charge in [0, 0.05) is 31.4 Å². The third-order valence-corrected chi connectivity index (χ3v) is 3.77. The molecule has 1 unspecified atom stereocenters. The number of rotatable bonds is 1. The molecule has 0 spiro atoms. The highest BCUT2D eigenvalue weighted by Crippen LogP contribution is 2.22. The van der Waals surface area contributed by atoms with Gasteiger partial charge in [-0.2, -0.15) is 0 Å². The van der Waals surface area contributed by atoms with E-state index in [1.807, 2.05) is 32.9 Å². The molecule has 2 aliphatic rings. The first-order valence-corrected chi connectivity index (χ1v) is 7.89. The lowest BCUT2D eigenvalue weighted by atomic mass is 10.00. The number of piperazine rings is 1. The first-order chi connectivity index (χ1) is 11.0. The quantitative estimate of drug-likeness (QED) is 0.820. The van der Waals surface area contributed by atoms with E-state index in [0.717, 1.165) is 23.6 Å². The minimum Gasteiger partial charge on any atom is -0.444 e. The van der Waals surface area contributed by atoms with Gasteiger partial charge in [-0.1, -0.05) is 0 Å². The number of aliphatic imine (C=N–C) groups is 1. The fourth-order valence-electron chi connectivity index (χ4n) is 2.81. The summed E-state index contributed by atoms with van der Waals surface area (Å²) in [7, 11) is 0. The third-order valence-electron chi connectivity index (χ3n) is 3.77. The maximum atomic E-state index is 12.6. The second kappa shape index (κ2) is 6.16. The molecule has 0 aromatic carbocycles. The highest BCUT2D eigenvalue weighted by atomic mass is 16.6. The molecule has 1 saturated heterocycles. The zero-order valence-electron chi connectivity index (χ0n) is 13.8. The standard InChI is InChI=1S/C16H23N5O2/c1-16(2,3)23-15(22)21-8-7-17-9-12(21)13-11-5-4-6-18-14(11)20-10-19-13/h4-6,12,17H,7-10H2,1-3H3,(H,18,20). The number of ether oxygens (including phenoxy) is 1. The highest BCUT2D eigenvalue weighted by molar-refractivity contribution is 6.09. The number of anilines is 1. The van der Waals surface area contributed by atoms with E-state index in [1.165, 1.54) is 0 Å². The van der Waals surface area contributed by atoms with Crippen LogP contribution >= 0.6 is 0 Å². The Morgan fingerprint density at radius 3 is 3.04 bits per heavy atom. The normalized spacial score (nSPS) is 21.1. The molecule has 23 heavy (non-hydrogen) atoms. The summed E-state index contributed by atoms with van der Waals surface area (Å²) < 4.78 is 5.56. The van der Waals surface area contributed by atoms with E-state index in [-0.39, 0.29) is 12.1 Å². The van der Waals surface area contributed by atoms with Crippen molar-refractivity contribution < 1.29 is 9.53 Å². The molecule has 1 aromatic rings. The van der Waals surface area contributed by atoms with Crippen molar-refractivity contribution >= 4 is 17.6 Å². The van der Waals surface area contributed by atoms with Crippen LogP contribution in [0.25, 0.3) is 0 Å². The van der Waals surface area contributed by atoms with Gasteiger partial charge in [0.15, 0.2) is 0 Å². The fraction of sp³-hybridized carbons (Fsp3) is 0.562. The largest absolute Gasteiger partial charge is 0.444 e. The van der Waals surface area contributed by atoms with Gasteiger partial charge in [0.2, 0.25) is 0 Å². The van der Waals surface area contributed by atoms with E-state index in [4.69, 9.17) is 4.74 Å². The number of hydrogen-bond acceptors (Lipinski definition) is 6. The monoisotopic (exact) mass is 317 g/mol. The molecule has 1 aromatic heterocycles. The summed E-state index contributed by atoms with van der Waals surface area (Å²) in [6, 6.07) is 3.72. The van der Waals surface area contributed by atoms with Crippen LogP contribution in [0.4, 0.5) is 10.6 Å². The van der Waals surface area contributed by atoms with Gasteiger partial charge in [-0.25, -0.2) is 9.78 Å². The van der Waals surface area contributed by atoms with Crippen molar-refractivity contribution in [2.75, 3.05) is 31.6 Å². The van der Waals surface area contributed by atoms with E-state index < -0.39 is 5.60 Å². The number of carbonyl (C=O) groups excluding carboxylic acids is 1. The molecule has 3 heterocycles. The summed E-state index contributed by atoms with van der Waals surface area (Å²) >= 11 is 0. The van der Waals surface area contributed by atoms with Crippen molar-refractivity contribution in [3.8, 4) is 0 Å². The molecule has 2 N–H and O–H groups in total. The van der Waals surface area contributed by atoms with Crippen LogP contribution in [0.15, 0.2) is 23.3 Å². The van der Waals surface area contributed by atoms with E-state index in [0.29, 0.717) is 19.8 Å². The number of pyridine rings is 1. The van der Waals surface area contributed by atoms with Crippen LogP contribution < -0.4 is 10.6 Å². The molecule has 2 aliphatic heterocycles. The molecule has 0 saturated carbocycles. The maximum absolute atomic E-state index is 12.6. The summed E-state index contributed by atoms with van der Waals surface area (Å²) in [5.74, 6) is 0.812. The number of amides is 1. The van der Waals surface area contributed by atoms with Crippen molar-refractivity contribution in [2.24, 2.45) is 4.99 Å². The van der Waals surface area contributed by atoms with Gasteiger partial charge in [0.1, 0.15) is 18.1 Å². The Kier molecular flexibility index (Phi) is 4.21. The zero-order valence-corrected chi connectivity index (χ0v) is 13.8. The molecule has 1 fully saturated rings. The van der Waals surface area contributed by atoms with Crippen LogP contribution in [0.2, 0.25) is 0 Å². The molecule has 1 atom stereocenters. The topological polar surface area (TPSA) is 78.8 Å². The van der Waals surface area contributed by atoms with E-state index in [1.54, 1.807) is 11.1 Å². The van der Waals surface area contributed by atoms with Gasteiger partial charge in [-0.05, 0) is 32.9 Å². The minimum atomic E-state index is -0.512. The summed E-state index contributed by atoms with van der Waals surface area (Å²) in [5, 5.41) is 6.50. The number of aromatic nitrogens is 1. The minimum absolute atomic E-state index is 0.149. The second-order valence-electron chi connectivity index (χ2n) is 6.67. The number of nitrogens with zero attached hydrogens (tertiary/aromatic N) is 3. The Labute approximate surface area is 136 Å². The number of fused-ring (bicyclic) bond motifs is 1. The molecule has 1 amide bonds. The van der Waals surface area contributed by atoms with Gasteiger partial charge < -0.3 is 15.4 Å². The molecular weight excluding hydrogens is 294 g/mol. The number of hydrogen-bond donors (Lipinski definition) is 2. The Morgan fingerprint density at radius 1 is 1.43 bits per heavy atom. The van der Waals surface area contributed by atoms with Crippen LogP contribution in [0.3, 0.4) is 0 Å². The van der Waals surface area contributed by atoms with E-state index >= 15 is 0 Å². The lowest BCUT2D eigenvalue weighted by molar-refractivity contribution is 0.0184. The third kappa shape index (κ3) is 3.44. The molecule has 0 bridgehead atoms. The molecule has 3 rings (SSSR count). The van der Waals surface area contributed by atoms with Gasteiger partial charge in [0.25, 0.3) is 0 Å². The Morgan fingerprint density at radius 2 is 2.26 bits per heavy atom. The summed E-state index contributed by atoms with van der Waals surface area (Å²) in [5.41, 5.74) is 1.31. The average Bonchev–Trinajstić information content (AvgIpc) is 2.53. The van der Waals surface area contributed by atoms with Crippen LogP contribution in [0.5, 0.6) is 0 Å². The highest BCUT2D eigenvalue weighted by Gasteiger charge is 2.35. The molecule has 124 valence electrons. The molecular formula is C16H23N5O2. The molecule has 7 heteroatoms.